The lowest BCUT2D eigenvalue weighted by Gasteiger charge is -2.13. The first-order valence-corrected chi connectivity index (χ1v) is 9.64. The Balaban J connectivity index is 0.00000300. The van der Waals surface area contributed by atoms with Crippen LogP contribution in [-0.4, -0.2) is 36.2 Å². The number of hydrogen-bond acceptors (Lipinski definition) is 3. The lowest BCUT2D eigenvalue weighted by atomic mass is 10.1. The predicted molar refractivity (Wildman–Crippen MR) is 130 cm³/mol. The number of benzene rings is 2. The zero-order chi connectivity index (χ0) is 19.8. The number of aliphatic imine (C=N–C) groups is 1. The van der Waals surface area contributed by atoms with Crippen LogP contribution in [0, 0.1) is 6.92 Å². The average Bonchev–Trinajstić information content (AvgIpc) is 3.03. The molecule has 2 N–H and O–H groups in total. The number of rotatable bonds is 8. The molecule has 0 atom stereocenters. The SMILES string of the molecule is CN=C(NCCCn1c(C)nc2ccccc21)NCc1cccc(COC)c1.I. The molecule has 0 spiro atoms. The number of ether oxygens (including phenoxy) is 1. The van der Waals surface area contributed by atoms with E-state index in [0.29, 0.717) is 6.61 Å². The summed E-state index contributed by atoms with van der Waals surface area (Å²) in [7, 11) is 3.51. The standard InChI is InChI=1S/C22H29N5O.HI/c1-17-26-20-10-4-5-11-21(20)27(17)13-7-12-24-22(23-2)25-15-18-8-6-9-19(14-18)16-28-3;/h4-6,8-11,14H,7,12-13,15-16H2,1-3H3,(H2,23,24,25);1H. The molecule has 1 aromatic heterocycles. The number of aryl methyl sites for hydroxylation is 2. The Labute approximate surface area is 189 Å². The molecule has 0 bridgehead atoms. The van der Waals surface area contributed by atoms with Crippen LogP contribution in [-0.2, 0) is 24.4 Å². The van der Waals surface area contributed by atoms with Crippen LogP contribution in [0.15, 0.2) is 53.5 Å². The maximum absolute atomic E-state index is 5.20. The minimum atomic E-state index is 0. The van der Waals surface area contributed by atoms with Gasteiger partial charge in [-0.15, -0.1) is 24.0 Å². The van der Waals surface area contributed by atoms with Crippen LogP contribution in [0.3, 0.4) is 0 Å². The van der Waals surface area contributed by atoms with Crippen LogP contribution < -0.4 is 10.6 Å². The molecule has 0 saturated heterocycles. The van der Waals surface area contributed by atoms with Gasteiger partial charge in [0, 0.05) is 33.8 Å². The summed E-state index contributed by atoms with van der Waals surface area (Å²) in [5.74, 6) is 1.86. The largest absolute Gasteiger partial charge is 0.380 e. The third-order valence-electron chi connectivity index (χ3n) is 4.68. The van der Waals surface area contributed by atoms with E-state index < -0.39 is 0 Å². The van der Waals surface area contributed by atoms with Crippen molar-refractivity contribution < 1.29 is 4.74 Å². The van der Waals surface area contributed by atoms with Crippen LogP contribution in [0.5, 0.6) is 0 Å². The van der Waals surface area contributed by atoms with Gasteiger partial charge in [0.15, 0.2) is 5.96 Å². The van der Waals surface area contributed by atoms with Crippen LogP contribution in [0.2, 0.25) is 0 Å². The number of methoxy groups -OCH3 is 1. The van der Waals surface area contributed by atoms with Gasteiger partial charge in [-0.3, -0.25) is 4.99 Å². The van der Waals surface area contributed by atoms with E-state index >= 15 is 0 Å². The highest BCUT2D eigenvalue weighted by molar-refractivity contribution is 14.0. The quantitative estimate of drug-likeness (QED) is 0.210. The molecule has 0 fully saturated rings. The molecule has 0 aliphatic carbocycles. The average molecular weight is 507 g/mol. The normalized spacial score (nSPS) is 11.3. The Morgan fingerprint density at radius 2 is 1.90 bits per heavy atom. The summed E-state index contributed by atoms with van der Waals surface area (Å²) < 4.78 is 7.47. The lowest BCUT2D eigenvalue weighted by molar-refractivity contribution is 0.185. The Hall–Kier alpha value is -2.13. The summed E-state index contributed by atoms with van der Waals surface area (Å²) in [5, 5.41) is 6.76. The zero-order valence-electron chi connectivity index (χ0n) is 17.3. The van der Waals surface area contributed by atoms with Crippen molar-refractivity contribution in [2.45, 2.75) is 33.0 Å². The van der Waals surface area contributed by atoms with E-state index in [1.165, 1.54) is 16.6 Å². The fourth-order valence-electron chi connectivity index (χ4n) is 3.32. The molecule has 3 rings (SSSR count). The third kappa shape index (κ3) is 6.43. The van der Waals surface area contributed by atoms with E-state index in [4.69, 9.17) is 4.74 Å². The molecule has 0 aliphatic heterocycles. The van der Waals surface area contributed by atoms with E-state index in [0.717, 1.165) is 43.4 Å². The molecule has 6 nitrogen and oxygen atoms in total. The number of hydrogen-bond donors (Lipinski definition) is 2. The second-order valence-corrected chi connectivity index (χ2v) is 6.76. The number of fused-ring (bicyclic) bond motifs is 1. The van der Waals surface area contributed by atoms with Crippen molar-refractivity contribution in [3.05, 3.63) is 65.5 Å². The maximum Gasteiger partial charge on any atom is 0.191 e. The van der Waals surface area contributed by atoms with E-state index in [1.807, 2.05) is 6.07 Å². The molecule has 7 heteroatoms. The van der Waals surface area contributed by atoms with Gasteiger partial charge in [-0.25, -0.2) is 4.98 Å². The minimum Gasteiger partial charge on any atom is -0.380 e. The van der Waals surface area contributed by atoms with Gasteiger partial charge in [0.1, 0.15) is 5.82 Å². The summed E-state index contributed by atoms with van der Waals surface area (Å²) in [5.41, 5.74) is 4.63. The first-order chi connectivity index (χ1) is 13.7. The van der Waals surface area contributed by atoms with Gasteiger partial charge in [0.25, 0.3) is 0 Å². The molecule has 3 aromatic rings. The third-order valence-corrected chi connectivity index (χ3v) is 4.68. The highest BCUT2D eigenvalue weighted by Gasteiger charge is 2.06. The number of halogens is 1. The van der Waals surface area contributed by atoms with E-state index in [-0.39, 0.29) is 24.0 Å². The lowest BCUT2D eigenvalue weighted by Crippen LogP contribution is -2.37. The second-order valence-electron chi connectivity index (χ2n) is 6.76. The van der Waals surface area contributed by atoms with Crippen LogP contribution in [0.4, 0.5) is 0 Å². The van der Waals surface area contributed by atoms with Crippen molar-refractivity contribution in [1.29, 1.82) is 0 Å². The van der Waals surface area contributed by atoms with Gasteiger partial charge in [-0.1, -0.05) is 36.4 Å². The van der Waals surface area contributed by atoms with Gasteiger partial charge in [0.05, 0.1) is 17.6 Å². The van der Waals surface area contributed by atoms with Crippen molar-refractivity contribution in [3.63, 3.8) is 0 Å². The highest BCUT2D eigenvalue weighted by atomic mass is 127. The number of para-hydroxylation sites is 2. The zero-order valence-corrected chi connectivity index (χ0v) is 19.6. The molecule has 0 aliphatic rings. The molecule has 29 heavy (non-hydrogen) atoms. The minimum absolute atomic E-state index is 0. The monoisotopic (exact) mass is 507 g/mol. The molecule has 1 heterocycles. The molecular formula is C22H30IN5O. The highest BCUT2D eigenvalue weighted by Crippen LogP contribution is 2.15. The molecular weight excluding hydrogens is 477 g/mol. The molecule has 0 unspecified atom stereocenters. The van der Waals surface area contributed by atoms with Crippen molar-refractivity contribution >= 4 is 41.0 Å². The van der Waals surface area contributed by atoms with E-state index in [2.05, 4.69) is 74.6 Å². The van der Waals surface area contributed by atoms with Crippen molar-refractivity contribution in [2.75, 3.05) is 20.7 Å². The second kappa shape index (κ2) is 11.8. The Bertz CT molecular complexity index is 938. The van der Waals surface area contributed by atoms with Gasteiger partial charge in [0.2, 0.25) is 0 Å². The fourth-order valence-corrected chi connectivity index (χ4v) is 3.32. The van der Waals surface area contributed by atoms with Crippen molar-refractivity contribution in [3.8, 4) is 0 Å². The van der Waals surface area contributed by atoms with Crippen molar-refractivity contribution in [1.82, 2.24) is 20.2 Å². The summed E-state index contributed by atoms with van der Waals surface area (Å²) in [4.78, 5) is 8.94. The van der Waals surface area contributed by atoms with E-state index in [1.54, 1.807) is 14.2 Å². The first kappa shape index (κ1) is 23.2. The molecule has 0 amide bonds. The Morgan fingerprint density at radius 3 is 2.69 bits per heavy atom. The van der Waals surface area contributed by atoms with Crippen LogP contribution in [0.25, 0.3) is 11.0 Å². The molecule has 0 saturated carbocycles. The maximum atomic E-state index is 5.20. The number of nitrogens with zero attached hydrogens (tertiary/aromatic N) is 3. The molecule has 0 radical (unpaired) electrons. The van der Waals surface area contributed by atoms with Gasteiger partial charge < -0.3 is 19.9 Å². The number of imidazole rings is 1. The molecule has 156 valence electrons. The Morgan fingerprint density at radius 1 is 1.10 bits per heavy atom. The summed E-state index contributed by atoms with van der Waals surface area (Å²) in [6.07, 6.45) is 0.991. The number of nitrogens with one attached hydrogen (secondary N) is 2. The van der Waals surface area contributed by atoms with Gasteiger partial charge >= 0.3 is 0 Å². The first-order valence-electron chi connectivity index (χ1n) is 9.64. The van der Waals surface area contributed by atoms with E-state index in [9.17, 15) is 0 Å². The predicted octanol–water partition coefficient (Wildman–Crippen LogP) is 3.86. The Kier molecular flexibility index (Phi) is 9.40. The molecule has 2 aromatic carbocycles. The number of guanidine groups is 1. The fraction of sp³-hybridized carbons (Fsp3) is 0.364. The summed E-state index contributed by atoms with van der Waals surface area (Å²) in [6, 6.07) is 16.7. The number of aromatic nitrogens is 2. The van der Waals surface area contributed by atoms with Gasteiger partial charge in [-0.2, -0.15) is 0 Å². The summed E-state index contributed by atoms with van der Waals surface area (Å²) >= 11 is 0. The smallest absolute Gasteiger partial charge is 0.191 e. The van der Waals surface area contributed by atoms with Crippen molar-refractivity contribution in [2.24, 2.45) is 4.99 Å². The van der Waals surface area contributed by atoms with Gasteiger partial charge in [-0.05, 0) is 36.6 Å². The van der Waals surface area contributed by atoms with Crippen LogP contribution >= 0.6 is 24.0 Å². The van der Waals surface area contributed by atoms with Crippen LogP contribution in [0.1, 0.15) is 23.4 Å². The summed E-state index contributed by atoms with van der Waals surface area (Å²) in [6.45, 7) is 5.18. The topological polar surface area (TPSA) is 63.5 Å².